The van der Waals surface area contributed by atoms with Gasteiger partial charge in [0.05, 0.1) is 5.56 Å². The number of aliphatic carboxylic acids is 1. The Morgan fingerprint density at radius 2 is 1.81 bits per heavy atom. The number of amides is 1. The van der Waals surface area contributed by atoms with Crippen LogP contribution in [0.4, 0.5) is 4.39 Å². The molecule has 0 spiro atoms. The lowest BCUT2D eigenvalue weighted by molar-refractivity contribution is -0.145. The third kappa shape index (κ3) is 3.40. The van der Waals surface area contributed by atoms with Crippen molar-refractivity contribution in [2.24, 2.45) is 0 Å². The quantitative estimate of drug-likeness (QED) is 0.842. The molecule has 0 radical (unpaired) electrons. The van der Waals surface area contributed by atoms with Crippen molar-refractivity contribution in [2.45, 2.75) is 51.0 Å². The smallest absolute Gasteiger partial charge is 0.329 e. The first kappa shape index (κ1) is 15.5. The van der Waals surface area contributed by atoms with Crippen molar-refractivity contribution in [3.05, 3.63) is 35.1 Å². The second kappa shape index (κ2) is 6.24. The van der Waals surface area contributed by atoms with E-state index in [1.54, 1.807) is 13.0 Å². The van der Waals surface area contributed by atoms with Crippen molar-refractivity contribution in [1.82, 2.24) is 5.32 Å². The van der Waals surface area contributed by atoms with E-state index in [-0.39, 0.29) is 5.56 Å². The second-order valence-corrected chi connectivity index (χ2v) is 5.74. The summed E-state index contributed by atoms with van der Waals surface area (Å²) in [6.07, 6.45) is 4.21. The van der Waals surface area contributed by atoms with E-state index in [2.05, 4.69) is 5.32 Å². The molecular formula is C16H20FNO3. The largest absolute Gasteiger partial charge is 0.480 e. The maximum Gasteiger partial charge on any atom is 0.329 e. The highest BCUT2D eigenvalue weighted by Crippen LogP contribution is 2.28. The number of rotatable bonds is 3. The summed E-state index contributed by atoms with van der Waals surface area (Å²) in [6, 6.07) is 4.31. The fourth-order valence-electron chi connectivity index (χ4n) is 2.81. The van der Waals surface area contributed by atoms with Gasteiger partial charge in [-0.3, -0.25) is 4.79 Å². The lowest BCUT2D eigenvalue weighted by Crippen LogP contribution is -2.54. The van der Waals surface area contributed by atoms with Gasteiger partial charge in [-0.05, 0) is 37.5 Å². The molecule has 4 nitrogen and oxygen atoms in total. The van der Waals surface area contributed by atoms with Crippen molar-refractivity contribution < 1.29 is 19.1 Å². The zero-order valence-corrected chi connectivity index (χ0v) is 12.1. The van der Waals surface area contributed by atoms with Gasteiger partial charge in [0.1, 0.15) is 11.4 Å². The Morgan fingerprint density at radius 1 is 1.19 bits per heavy atom. The van der Waals surface area contributed by atoms with Crippen LogP contribution in [-0.2, 0) is 4.79 Å². The SMILES string of the molecule is Cc1ccc(C(=O)NC2(C(=O)O)CCCCCC2)c(F)c1. The predicted molar refractivity (Wildman–Crippen MR) is 76.7 cm³/mol. The van der Waals surface area contributed by atoms with Gasteiger partial charge < -0.3 is 10.4 Å². The maximum atomic E-state index is 13.9. The van der Waals surface area contributed by atoms with Crippen LogP contribution >= 0.6 is 0 Å². The van der Waals surface area contributed by atoms with Crippen LogP contribution in [0.3, 0.4) is 0 Å². The molecule has 5 heteroatoms. The molecule has 0 heterocycles. The van der Waals surface area contributed by atoms with Gasteiger partial charge in [-0.1, -0.05) is 31.7 Å². The van der Waals surface area contributed by atoms with Crippen molar-refractivity contribution in [3.63, 3.8) is 0 Å². The Kier molecular flexibility index (Phi) is 4.60. The Morgan fingerprint density at radius 3 is 2.33 bits per heavy atom. The van der Waals surface area contributed by atoms with E-state index in [0.29, 0.717) is 18.4 Å². The molecule has 0 aliphatic heterocycles. The molecule has 0 unspecified atom stereocenters. The average Bonchev–Trinajstić information content (AvgIpc) is 2.65. The van der Waals surface area contributed by atoms with Gasteiger partial charge in [0.25, 0.3) is 5.91 Å². The minimum Gasteiger partial charge on any atom is -0.480 e. The van der Waals surface area contributed by atoms with Crippen molar-refractivity contribution in [2.75, 3.05) is 0 Å². The highest BCUT2D eigenvalue weighted by atomic mass is 19.1. The molecule has 1 aliphatic rings. The molecule has 2 rings (SSSR count). The summed E-state index contributed by atoms with van der Waals surface area (Å²) in [7, 11) is 0. The van der Waals surface area contributed by atoms with E-state index in [0.717, 1.165) is 25.7 Å². The molecule has 1 aromatic rings. The van der Waals surface area contributed by atoms with Gasteiger partial charge in [-0.15, -0.1) is 0 Å². The topological polar surface area (TPSA) is 66.4 Å². The lowest BCUT2D eigenvalue weighted by atomic mass is 9.89. The average molecular weight is 293 g/mol. The number of aryl methyl sites for hydroxylation is 1. The number of carbonyl (C=O) groups excluding carboxylic acids is 1. The van der Waals surface area contributed by atoms with Gasteiger partial charge in [-0.2, -0.15) is 0 Å². The number of halogens is 1. The van der Waals surface area contributed by atoms with Crippen LogP contribution in [0.25, 0.3) is 0 Å². The molecule has 114 valence electrons. The van der Waals surface area contributed by atoms with E-state index in [4.69, 9.17) is 0 Å². The van der Waals surface area contributed by atoms with Crippen LogP contribution in [0.1, 0.15) is 54.4 Å². The summed E-state index contributed by atoms with van der Waals surface area (Å²) in [6.45, 7) is 1.73. The molecule has 1 aliphatic carbocycles. The number of nitrogens with one attached hydrogen (secondary N) is 1. The molecule has 0 atom stereocenters. The van der Waals surface area contributed by atoms with E-state index >= 15 is 0 Å². The van der Waals surface area contributed by atoms with Crippen LogP contribution in [0.2, 0.25) is 0 Å². The van der Waals surface area contributed by atoms with Crippen LogP contribution in [0, 0.1) is 12.7 Å². The normalized spacial score (nSPS) is 17.8. The summed E-state index contributed by atoms with van der Waals surface area (Å²) in [4.78, 5) is 23.9. The first-order valence-corrected chi connectivity index (χ1v) is 7.27. The second-order valence-electron chi connectivity index (χ2n) is 5.74. The van der Waals surface area contributed by atoms with Gasteiger partial charge >= 0.3 is 5.97 Å². The van der Waals surface area contributed by atoms with Crippen molar-refractivity contribution >= 4 is 11.9 Å². The zero-order valence-electron chi connectivity index (χ0n) is 12.1. The lowest BCUT2D eigenvalue weighted by Gasteiger charge is -2.29. The highest BCUT2D eigenvalue weighted by Gasteiger charge is 2.40. The molecule has 0 bridgehead atoms. The standard InChI is InChI=1S/C16H20FNO3/c1-11-6-7-12(13(17)10-11)14(19)18-16(15(20)21)8-4-2-3-5-9-16/h6-7,10H,2-5,8-9H2,1H3,(H,18,19)(H,20,21). The summed E-state index contributed by atoms with van der Waals surface area (Å²) in [5, 5.41) is 12.1. The molecule has 0 aromatic heterocycles. The number of hydrogen-bond acceptors (Lipinski definition) is 2. The number of benzene rings is 1. The van der Waals surface area contributed by atoms with Crippen LogP contribution in [0.15, 0.2) is 18.2 Å². The highest BCUT2D eigenvalue weighted by molar-refractivity contribution is 5.98. The summed E-state index contributed by atoms with van der Waals surface area (Å²) in [5.41, 5.74) is -0.665. The molecule has 1 aromatic carbocycles. The molecular weight excluding hydrogens is 273 g/mol. The number of hydrogen-bond donors (Lipinski definition) is 2. The van der Waals surface area contributed by atoms with Crippen molar-refractivity contribution in [3.8, 4) is 0 Å². The Bertz CT molecular complexity index is 548. The summed E-state index contributed by atoms with van der Waals surface area (Å²) in [5.74, 6) is -2.32. The van der Waals surface area contributed by atoms with E-state index in [9.17, 15) is 19.1 Å². The fraction of sp³-hybridized carbons (Fsp3) is 0.500. The summed E-state index contributed by atoms with van der Waals surface area (Å²) >= 11 is 0. The van der Waals surface area contributed by atoms with E-state index in [1.807, 2.05) is 0 Å². The van der Waals surface area contributed by atoms with Gasteiger partial charge in [0, 0.05) is 0 Å². The number of carbonyl (C=O) groups is 2. The Labute approximate surface area is 123 Å². The van der Waals surface area contributed by atoms with Crippen LogP contribution in [0.5, 0.6) is 0 Å². The molecule has 1 amide bonds. The molecule has 21 heavy (non-hydrogen) atoms. The summed E-state index contributed by atoms with van der Waals surface area (Å²) < 4.78 is 13.9. The minimum atomic E-state index is -1.27. The third-order valence-electron chi connectivity index (χ3n) is 4.09. The van der Waals surface area contributed by atoms with E-state index in [1.165, 1.54) is 12.1 Å². The Balaban J connectivity index is 2.24. The Hall–Kier alpha value is -1.91. The third-order valence-corrected chi connectivity index (χ3v) is 4.09. The molecule has 0 saturated heterocycles. The molecule has 2 N–H and O–H groups in total. The first-order valence-electron chi connectivity index (χ1n) is 7.27. The monoisotopic (exact) mass is 293 g/mol. The molecule has 1 saturated carbocycles. The van der Waals surface area contributed by atoms with Crippen molar-refractivity contribution in [1.29, 1.82) is 0 Å². The van der Waals surface area contributed by atoms with Crippen LogP contribution in [-0.4, -0.2) is 22.5 Å². The van der Waals surface area contributed by atoms with Gasteiger partial charge in [0.2, 0.25) is 0 Å². The number of carboxylic acids is 1. The fourth-order valence-corrected chi connectivity index (χ4v) is 2.81. The van der Waals surface area contributed by atoms with Gasteiger partial charge in [0.15, 0.2) is 0 Å². The van der Waals surface area contributed by atoms with Gasteiger partial charge in [-0.25, -0.2) is 9.18 Å². The van der Waals surface area contributed by atoms with Crippen LogP contribution < -0.4 is 5.32 Å². The predicted octanol–water partition coefficient (Wildman–Crippen LogP) is 3.04. The molecule has 1 fully saturated rings. The maximum absolute atomic E-state index is 13.9. The first-order chi connectivity index (χ1) is 9.94. The minimum absolute atomic E-state index is 0.106. The zero-order chi connectivity index (χ0) is 15.5. The number of carboxylic acid groups (broad SMARTS) is 1. The van der Waals surface area contributed by atoms with E-state index < -0.39 is 23.2 Å².